The van der Waals surface area contributed by atoms with Gasteiger partial charge in [-0.05, 0) is 23.8 Å². The van der Waals surface area contributed by atoms with Crippen LogP contribution in [0.4, 0.5) is 0 Å². The zero-order chi connectivity index (χ0) is 29.1. The fourth-order valence-electron chi connectivity index (χ4n) is 4.30. The number of aliphatic hydroxyl groups is 3. The van der Waals surface area contributed by atoms with E-state index in [1.165, 1.54) is 30.3 Å². The minimum atomic E-state index is -1.72. The van der Waals surface area contributed by atoms with Crippen molar-refractivity contribution in [2.75, 3.05) is 6.61 Å². The van der Waals surface area contributed by atoms with Crippen molar-refractivity contribution >= 4 is 23.0 Å². The summed E-state index contributed by atoms with van der Waals surface area (Å²) < 4.78 is 22.2. The standard InChI is InChI=1S/C30H26O11/c31-18-9-6-16(7-10-18)8-11-25(34)38-15-24-27(35)28(36)29(37)30(41-24)39-19-12-20(32)26-21(33)14-22(40-23(26)13-19)17-4-2-1-3-5-17/h1-14,24,27-32,35-37H,15H2/t24-,27-,28+,29-,30-/m1/s1. The first kappa shape index (κ1) is 27.9. The van der Waals surface area contributed by atoms with Crippen molar-refractivity contribution in [3.8, 4) is 28.6 Å². The Labute approximate surface area is 232 Å². The zero-order valence-electron chi connectivity index (χ0n) is 21.4. The van der Waals surface area contributed by atoms with E-state index in [9.17, 15) is 35.1 Å². The van der Waals surface area contributed by atoms with Crippen molar-refractivity contribution in [1.82, 2.24) is 0 Å². The summed E-state index contributed by atoms with van der Waals surface area (Å²) >= 11 is 0. The Morgan fingerprint density at radius 3 is 2.37 bits per heavy atom. The number of carbonyl (C=O) groups is 1. The lowest BCUT2D eigenvalue weighted by atomic mass is 9.99. The smallest absolute Gasteiger partial charge is 0.330 e. The summed E-state index contributed by atoms with van der Waals surface area (Å²) in [5.41, 5.74) is 0.785. The van der Waals surface area contributed by atoms with Gasteiger partial charge < -0.3 is 44.2 Å². The number of benzene rings is 3. The highest BCUT2D eigenvalue weighted by Gasteiger charge is 2.45. The van der Waals surface area contributed by atoms with E-state index in [4.69, 9.17) is 18.6 Å². The van der Waals surface area contributed by atoms with Crippen molar-refractivity contribution in [2.24, 2.45) is 0 Å². The first-order chi connectivity index (χ1) is 19.7. The number of phenolic OH excluding ortho intramolecular Hbond substituents is 2. The van der Waals surface area contributed by atoms with E-state index in [0.717, 1.165) is 12.1 Å². The number of ether oxygens (including phenoxy) is 3. The molecule has 0 amide bonds. The van der Waals surface area contributed by atoms with Gasteiger partial charge in [-0.2, -0.15) is 0 Å². The van der Waals surface area contributed by atoms with Gasteiger partial charge in [0.15, 0.2) is 5.43 Å². The summed E-state index contributed by atoms with van der Waals surface area (Å²) in [7, 11) is 0. The van der Waals surface area contributed by atoms with Crippen LogP contribution in [0, 0.1) is 0 Å². The van der Waals surface area contributed by atoms with Crippen LogP contribution in [0.25, 0.3) is 28.4 Å². The molecule has 41 heavy (non-hydrogen) atoms. The molecule has 1 fully saturated rings. The molecule has 0 aliphatic carbocycles. The Bertz CT molecular complexity index is 1610. The summed E-state index contributed by atoms with van der Waals surface area (Å²) in [5, 5.41) is 51.0. The largest absolute Gasteiger partial charge is 0.508 e. The van der Waals surface area contributed by atoms with Crippen LogP contribution in [0.15, 0.2) is 88.1 Å². The van der Waals surface area contributed by atoms with E-state index in [1.54, 1.807) is 36.4 Å². The molecule has 0 bridgehead atoms. The van der Waals surface area contributed by atoms with E-state index < -0.39 is 54.5 Å². The van der Waals surface area contributed by atoms with E-state index >= 15 is 0 Å². The van der Waals surface area contributed by atoms with E-state index in [2.05, 4.69) is 0 Å². The number of aromatic hydroxyl groups is 2. The Morgan fingerprint density at radius 2 is 1.63 bits per heavy atom. The van der Waals surface area contributed by atoms with Gasteiger partial charge in [-0.25, -0.2) is 4.79 Å². The predicted molar refractivity (Wildman–Crippen MR) is 145 cm³/mol. The molecule has 1 saturated heterocycles. The molecule has 5 rings (SSSR count). The summed E-state index contributed by atoms with van der Waals surface area (Å²) in [6, 6.07) is 18.6. The van der Waals surface area contributed by atoms with Crippen molar-refractivity contribution in [1.29, 1.82) is 0 Å². The second-order valence-electron chi connectivity index (χ2n) is 9.34. The van der Waals surface area contributed by atoms with Gasteiger partial charge >= 0.3 is 5.97 Å². The number of esters is 1. The number of fused-ring (bicyclic) bond motifs is 1. The second-order valence-corrected chi connectivity index (χ2v) is 9.34. The Balaban J connectivity index is 1.31. The Hall–Kier alpha value is -4.68. The lowest BCUT2D eigenvalue weighted by Crippen LogP contribution is -2.60. The summed E-state index contributed by atoms with van der Waals surface area (Å²) in [6.07, 6.45) is -5.29. The van der Waals surface area contributed by atoms with Gasteiger partial charge in [-0.3, -0.25) is 4.79 Å². The molecule has 212 valence electrons. The maximum absolute atomic E-state index is 12.7. The van der Waals surface area contributed by atoms with E-state index in [0.29, 0.717) is 11.1 Å². The van der Waals surface area contributed by atoms with Gasteiger partial charge in [0, 0.05) is 29.8 Å². The molecule has 3 aromatic carbocycles. The van der Waals surface area contributed by atoms with Crippen LogP contribution < -0.4 is 10.2 Å². The van der Waals surface area contributed by atoms with E-state index in [-0.39, 0.29) is 28.2 Å². The van der Waals surface area contributed by atoms with Crippen LogP contribution in [0.2, 0.25) is 0 Å². The lowest BCUT2D eigenvalue weighted by Gasteiger charge is -2.39. The maximum Gasteiger partial charge on any atom is 0.330 e. The van der Waals surface area contributed by atoms with Crippen LogP contribution in [0.5, 0.6) is 17.2 Å². The number of rotatable bonds is 7. The number of carbonyl (C=O) groups excluding carboxylic acids is 1. The number of hydrogen-bond donors (Lipinski definition) is 5. The molecule has 11 heteroatoms. The minimum Gasteiger partial charge on any atom is -0.508 e. The first-order valence-electron chi connectivity index (χ1n) is 12.6. The third-order valence-corrected chi connectivity index (χ3v) is 6.46. The molecular weight excluding hydrogens is 536 g/mol. The SMILES string of the molecule is O=C(C=Cc1ccc(O)cc1)OC[C@H]1O[C@@H](Oc2cc(O)c3c(=O)cc(-c4ccccc4)oc3c2)[C@H](O)[C@@H](O)[C@@H]1O. The molecule has 0 unspecified atom stereocenters. The molecule has 0 spiro atoms. The third-order valence-electron chi connectivity index (χ3n) is 6.46. The third kappa shape index (κ3) is 6.23. The van der Waals surface area contributed by atoms with Crippen molar-refractivity contribution in [3.05, 3.63) is 94.7 Å². The molecule has 0 radical (unpaired) electrons. The molecule has 1 aromatic heterocycles. The predicted octanol–water partition coefficient (Wildman–Crippen LogP) is 2.31. The molecule has 5 N–H and O–H groups in total. The molecule has 4 aromatic rings. The molecule has 2 heterocycles. The van der Waals surface area contributed by atoms with Gasteiger partial charge in [-0.15, -0.1) is 0 Å². The highest BCUT2D eigenvalue weighted by molar-refractivity contribution is 5.87. The monoisotopic (exact) mass is 562 g/mol. The van der Waals surface area contributed by atoms with Gasteiger partial charge in [0.1, 0.15) is 65.0 Å². The Kier molecular flexibility index (Phi) is 8.04. The fraction of sp³-hybridized carbons (Fsp3) is 0.200. The number of phenols is 2. The zero-order valence-corrected chi connectivity index (χ0v) is 21.4. The van der Waals surface area contributed by atoms with Gasteiger partial charge in [0.25, 0.3) is 0 Å². The fourth-order valence-corrected chi connectivity index (χ4v) is 4.30. The molecule has 1 aliphatic rings. The topological polar surface area (TPSA) is 176 Å². The molecule has 11 nitrogen and oxygen atoms in total. The summed E-state index contributed by atoms with van der Waals surface area (Å²) in [6.45, 7) is -0.484. The normalized spacial score (nSPS) is 22.6. The van der Waals surface area contributed by atoms with Crippen molar-refractivity contribution in [2.45, 2.75) is 30.7 Å². The molecule has 1 aliphatic heterocycles. The van der Waals surface area contributed by atoms with Gasteiger partial charge in [-0.1, -0.05) is 42.5 Å². The van der Waals surface area contributed by atoms with Crippen LogP contribution >= 0.6 is 0 Å². The molecule has 0 saturated carbocycles. The average molecular weight is 563 g/mol. The maximum atomic E-state index is 12.7. The van der Waals surface area contributed by atoms with Crippen molar-refractivity contribution < 1.29 is 49.0 Å². The first-order valence-corrected chi connectivity index (χ1v) is 12.6. The molecule has 5 atom stereocenters. The highest BCUT2D eigenvalue weighted by Crippen LogP contribution is 2.33. The Morgan fingerprint density at radius 1 is 0.902 bits per heavy atom. The van der Waals surface area contributed by atoms with Gasteiger partial charge in [0.2, 0.25) is 6.29 Å². The van der Waals surface area contributed by atoms with Crippen molar-refractivity contribution in [3.63, 3.8) is 0 Å². The minimum absolute atomic E-state index is 0.00290. The lowest BCUT2D eigenvalue weighted by molar-refractivity contribution is -0.278. The second kappa shape index (κ2) is 11.8. The van der Waals surface area contributed by atoms with Gasteiger partial charge in [0.05, 0.1) is 0 Å². The van der Waals surface area contributed by atoms with Crippen LogP contribution in [0.3, 0.4) is 0 Å². The summed E-state index contributed by atoms with van der Waals surface area (Å²) in [4.78, 5) is 24.9. The average Bonchev–Trinajstić information content (AvgIpc) is 2.96. The van der Waals surface area contributed by atoms with Crippen LogP contribution in [-0.4, -0.2) is 68.8 Å². The van der Waals surface area contributed by atoms with E-state index in [1.807, 2.05) is 6.07 Å². The van der Waals surface area contributed by atoms with Crippen LogP contribution in [0.1, 0.15) is 5.56 Å². The number of aliphatic hydroxyl groups excluding tert-OH is 3. The quantitative estimate of drug-likeness (QED) is 0.165. The highest BCUT2D eigenvalue weighted by atomic mass is 16.7. The molecular formula is C30H26O11. The summed E-state index contributed by atoms with van der Waals surface area (Å²) in [5.74, 6) is -0.943. The van der Waals surface area contributed by atoms with Crippen LogP contribution in [-0.2, 0) is 14.3 Å². The number of hydrogen-bond acceptors (Lipinski definition) is 11.